The summed E-state index contributed by atoms with van der Waals surface area (Å²) in [5.74, 6) is -1.20. The van der Waals surface area contributed by atoms with Gasteiger partial charge in [0.2, 0.25) is 0 Å². The first kappa shape index (κ1) is 15.3. The van der Waals surface area contributed by atoms with Crippen LogP contribution in [0, 0.1) is 5.92 Å². The third-order valence-electron chi connectivity index (χ3n) is 3.28. The van der Waals surface area contributed by atoms with Gasteiger partial charge in [-0.25, -0.2) is 0 Å². The summed E-state index contributed by atoms with van der Waals surface area (Å²) in [7, 11) is 0. The van der Waals surface area contributed by atoms with E-state index in [1.54, 1.807) is 12.1 Å². The monoisotopic (exact) mass is 300 g/mol. The van der Waals surface area contributed by atoms with Crippen LogP contribution in [0.2, 0.25) is 5.02 Å². The van der Waals surface area contributed by atoms with Crippen molar-refractivity contribution in [1.82, 2.24) is 0 Å². The van der Waals surface area contributed by atoms with Crippen molar-refractivity contribution in [3.8, 4) is 0 Å². The molecule has 2 aromatic carbocycles. The van der Waals surface area contributed by atoms with Crippen LogP contribution in [0.25, 0.3) is 6.08 Å². The van der Waals surface area contributed by atoms with E-state index in [0.717, 1.165) is 11.1 Å². The van der Waals surface area contributed by atoms with Crippen molar-refractivity contribution < 1.29 is 9.90 Å². The SMILES string of the molecule is O=C(O)C(CC=Cc1ccccc1)Cc1ccc(Cl)cc1. The summed E-state index contributed by atoms with van der Waals surface area (Å²) in [6.45, 7) is 0. The summed E-state index contributed by atoms with van der Waals surface area (Å²) < 4.78 is 0. The van der Waals surface area contributed by atoms with Gasteiger partial charge in [0, 0.05) is 5.02 Å². The van der Waals surface area contributed by atoms with Crippen molar-refractivity contribution in [3.63, 3.8) is 0 Å². The Balaban J connectivity index is 1.98. The zero-order valence-electron chi connectivity index (χ0n) is 11.6. The second-order valence-corrected chi connectivity index (χ2v) is 5.35. The predicted molar refractivity (Wildman–Crippen MR) is 86.4 cm³/mol. The Labute approximate surface area is 129 Å². The largest absolute Gasteiger partial charge is 0.481 e. The maximum absolute atomic E-state index is 11.4. The summed E-state index contributed by atoms with van der Waals surface area (Å²) in [4.78, 5) is 11.4. The van der Waals surface area contributed by atoms with Gasteiger partial charge in [0.25, 0.3) is 0 Å². The van der Waals surface area contributed by atoms with Gasteiger partial charge in [-0.2, -0.15) is 0 Å². The van der Waals surface area contributed by atoms with Gasteiger partial charge in [-0.3, -0.25) is 4.79 Å². The average Bonchev–Trinajstić information content (AvgIpc) is 2.49. The molecule has 0 fully saturated rings. The smallest absolute Gasteiger partial charge is 0.307 e. The molecule has 0 radical (unpaired) electrons. The zero-order valence-corrected chi connectivity index (χ0v) is 12.3. The minimum Gasteiger partial charge on any atom is -0.481 e. The lowest BCUT2D eigenvalue weighted by atomic mass is 9.96. The van der Waals surface area contributed by atoms with Crippen LogP contribution in [0.4, 0.5) is 0 Å². The number of benzene rings is 2. The molecular formula is C18H17ClO2. The highest BCUT2D eigenvalue weighted by Crippen LogP contribution is 2.17. The molecule has 0 aliphatic carbocycles. The van der Waals surface area contributed by atoms with Crippen molar-refractivity contribution in [2.45, 2.75) is 12.8 Å². The van der Waals surface area contributed by atoms with Crippen LogP contribution in [0.5, 0.6) is 0 Å². The normalized spacial score (nSPS) is 12.4. The van der Waals surface area contributed by atoms with E-state index in [2.05, 4.69) is 0 Å². The lowest BCUT2D eigenvalue weighted by Gasteiger charge is -2.10. The Morgan fingerprint density at radius 1 is 1.10 bits per heavy atom. The molecule has 0 heterocycles. The van der Waals surface area contributed by atoms with Gasteiger partial charge in [-0.05, 0) is 36.1 Å². The fraction of sp³-hybridized carbons (Fsp3) is 0.167. The van der Waals surface area contributed by atoms with E-state index in [1.165, 1.54) is 0 Å². The van der Waals surface area contributed by atoms with Gasteiger partial charge in [-0.1, -0.05) is 66.2 Å². The minimum absolute atomic E-state index is 0.425. The van der Waals surface area contributed by atoms with Gasteiger partial charge in [0.1, 0.15) is 0 Å². The maximum Gasteiger partial charge on any atom is 0.307 e. The molecule has 0 saturated carbocycles. The molecule has 0 aromatic heterocycles. The Kier molecular flexibility index (Phi) is 5.59. The van der Waals surface area contributed by atoms with E-state index in [0.29, 0.717) is 17.9 Å². The summed E-state index contributed by atoms with van der Waals surface area (Å²) >= 11 is 5.83. The second kappa shape index (κ2) is 7.65. The molecule has 0 aliphatic heterocycles. The fourth-order valence-corrected chi connectivity index (χ4v) is 2.23. The number of hydrogen-bond acceptors (Lipinski definition) is 1. The number of carboxylic acids is 1. The molecule has 2 rings (SSSR count). The van der Waals surface area contributed by atoms with Crippen molar-refractivity contribution >= 4 is 23.6 Å². The molecular weight excluding hydrogens is 284 g/mol. The molecule has 1 N–H and O–H groups in total. The van der Waals surface area contributed by atoms with E-state index in [-0.39, 0.29) is 0 Å². The number of hydrogen-bond donors (Lipinski definition) is 1. The van der Waals surface area contributed by atoms with E-state index >= 15 is 0 Å². The molecule has 2 nitrogen and oxygen atoms in total. The quantitative estimate of drug-likeness (QED) is 0.840. The van der Waals surface area contributed by atoms with Crippen LogP contribution < -0.4 is 0 Å². The number of aliphatic carboxylic acids is 1. The Morgan fingerprint density at radius 2 is 1.76 bits per heavy atom. The van der Waals surface area contributed by atoms with Crippen molar-refractivity contribution in [2.75, 3.05) is 0 Å². The highest BCUT2D eigenvalue weighted by molar-refractivity contribution is 6.30. The van der Waals surface area contributed by atoms with Gasteiger partial charge in [-0.15, -0.1) is 0 Å². The van der Waals surface area contributed by atoms with E-state index in [4.69, 9.17) is 11.6 Å². The summed E-state index contributed by atoms with van der Waals surface area (Å²) in [5, 5.41) is 9.99. The molecule has 0 aliphatic rings. The van der Waals surface area contributed by atoms with Crippen molar-refractivity contribution in [2.24, 2.45) is 5.92 Å². The lowest BCUT2D eigenvalue weighted by Crippen LogP contribution is -2.15. The molecule has 108 valence electrons. The van der Waals surface area contributed by atoms with E-state index in [9.17, 15) is 9.90 Å². The topological polar surface area (TPSA) is 37.3 Å². The van der Waals surface area contributed by atoms with Crippen LogP contribution in [0.1, 0.15) is 17.5 Å². The molecule has 0 amide bonds. The van der Waals surface area contributed by atoms with E-state index < -0.39 is 11.9 Å². The summed E-state index contributed by atoms with van der Waals surface area (Å²) in [6.07, 6.45) is 4.89. The van der Waals surface area contributed by atoms with Crippen LogP contribution in [0.15, 0.2) is 60.7 Å². The van der Waals surface area contributed by atoms with Crippen LogP contribution >= 0.6 is 11.6 Å². The third-order valence-corrected chi connectivity index (χ3v) is 3.53. The molecule has 21 heavy (non-hydrogen) atoms. The molecule has 2 aromatic rings. The third kappa shape index (κ3) is 5.09. The minimum atomic E-state index is -0.775. The molecule has 3 heteroatoms. The molecule has 0 spiro atoms. The number of carbonyl (C=O) groups is 1. The molecule has 1 unspecified atom stereocenters. The number of allylic oxidation sites excluding steroid dienone is 1. The Morgan fingerprint density at radius 3 is 2.38 bits per heavy atom. The van der Waals surface area contributed by atoms with Crippen molar-refractivity contribution in [1.29, 1.82) is 0 Å². The lowest BCUT2D eigenvalue weighted by molar-refractivity contribution is -0.141. The van der Waals surface area contributed by atoms with E-state index in [1.807, 2.05) is 54.6 Å². The van der Waals surface area contributed by atoms with Gasteiger partial charge in [0.15, 0.2) is 0 Å². The van der Waals surface area contributed by atoms with Gasteiger partial charge >= 0.3 is 5.97 Å². The Bertz CT molecular complexity index is 603. The second-order valence-electron chi connectivity index (χ2n) is 4.91. The zero-order chi connectivity index (χ0) is 15.1. The van der Waals surface area contributed by atoms with Crippen LogP contribution in [-0.2, 0) is 11.2 Å². The first-order valence-electron chi connectivity index (χ1n) is 6.84. The summed E-state index contributed by atoms with van der Waals surface area (Å²) in [5.41, 5.74) is 2.06. The highest BCUT2D eigenvalue weighted by atomic mass is 35.5. The van der Waals surface area contributed by atoms with Crippen LogP contribution in [0.3, 0.4) is 0 Å². The summed E-state index contributed by atoms with van der Waals surface area (Å²) in [6, 6.07) is 17.2. The maximum atomic E-state index is 11.4. The van der Waals surface area contributed by atoms with Gasteiger partial charge < -0.3 is 5.11 Å². The van der Waals surface area contributed by atoms with Crippen LogP contribution in [-0.4, -0.2) is 11.1 Å². The Hall–Kier alpha value is -2.06. The number of rotatable bonds is 6. The highest BCUT2D eigenvalue weighted by Gasteiger charge is 2.16. The number of carboxylic acid groups (broad SMARTS) is 1. The fourth-order valence-electron chi connectivity index (χ4n) is 2.11. The van der Waals surface area contributed by atoms with Crippen molar-refractivity contribution in [3.05, 3.63) is 76.8 Å². The molecule has 1 atom stereocenters. The standard InChI is InChI=1S/C18H17ClO2/c19-17-11-9-15(10-12-17)13-16(18(20)21)8-4-7-14-5-2-1-3-6-14/h1-7,9-12,16H,8,13H2,(H,20,21). The predicted octanol–water partition coefficient (Wildman–Crippen LogP) is 4.69. The number of halogens is 1. The molecule has 0 saturated heterocycles. The first-order chi connectivity index (χ1) is 10.1. The first-order valence-corrected chi connectivity index (χ1v) is 7.22. The molecule has 0 bridgehead atoms. The average molecular weight is 301 g/mol. The van der Waals surface area contributed by atoms with Gasteiger partial charge in [0.05, 0.1) is 5.92 Å².